The highest BCUT2D eigenvalue weighted by molar-refractivity contribution is 5.83. The molecule has 6 heteroatoms. The molecule has 2 aromatic rings. The van der Waals surface area contributed by atoms with Crippen LogP contribution in [0.4, 0.5) is 0 Å². The van der Waals surface area contributed by atoms with Gasteiger partial charge in [0.1, 0.15) is 0 Å². The van der Waals surface area contributed by atoms with Crippen LogP contribution in [0.3, 0.4) is 0 Å². The number of pyridine rings is 1. The van der Waals surface area contributed by atoms with Gasteiger partial charge in [0.2, 0.25) is 11.8 Å². The summed E-state index contributed by atoms with van der Waals surface area (Å²) >= 11 is 0. The standard InChI is InChI=1S/C22H25N3O3/c1-14(27)24-12-19-21(20(13-26)25(19)22(28)17-8-9-17)16-6-4-15(5-7-16)18-3-2-10-23-11-18/h2-7,10-11,17,19-21,26H,8-9,12-13H2,1H3,(H,24,27)/t19-,20-,21-/m1/s1. The van der Waals surface area contributed by atoms with Crippen LogP contribution in [0.15, 0.2) is 48.8 Å². The van der Waals surface area contributed by atoms with E-state index in [1.54, 1.807) is 11.1 Å². The Balaban J connectivity index is 1.58. The second kappa shape index (κ2) is 7.72. The second-order valence-electron chi connectivity index (χ2n) is 7.66. The van der Waals surface area contributed by atoms with Crippen LogP contribution in [0, 0.1) is 5.92 Å². The van der Waals surface area contributed by atoms with Gasteiger partial charge in [0.05, 0.1) is 18.7 Å². The quantitative estimate of drug-likeness (QED) is 0.804. The van der Waals surface area contributed by atoms with Crippen molar-refractivity contribution < 1.29 is 14.7 Å². The van der Waals surface area contributed by atoms with Gasteiger partial charge in [-0.05, 0) is 35.6 Å². The lowest BCUT2D eigenvalue weighted by Gasteiger charge is -2.55. The van der Waals surface area contributed by atoms with E-state index >= 15 is 0 Å². The van der Waals surface area contributed by atoms with Crippen molar-refractivity contribution in [1.29, 1.82) is 0 Å². The van der Waals surface area contributed by atoms with E-state index in [0.29, 0.717) is 6.54 Å². The maximum Gasteiger partial charge on any atom is 0.226 e. The fourth-order valence-corrected chi connectivity index (χ4v) is 4.17. The van der Waals surface area contributed by atoms with Gasteiger partial charge >= 0.3 is 0 Å². The zero-order chi connectivity index (χ0) is 19.7. The summed E-state index contributed by atoms with van der Waals surface area (Å²) in [5, 5.41) is 12.8. The van der Waals surface area contributed by atoms with Crippen molar-refractivity contribution in [1.82, 2.24) is 15.2 Å². The SMILES string of the molecule is CC(=O)NC[C@@H]1[C@@H](c2ccc(-c3cccnc3)cc2)[C@@H](CO)N1C(=O)C1CC1. The van der Waals surface area contributed by atoms with E-state index in [0.717, 1.165) is 29.5 Å². The molecule has 1 aliphatic heterocycles. The van der Waals surface area contributed by atoms with Crippen LogP contribution in [0.2, 0.25) is 0 Å². The third-order valence-corrected chi connectivity index (χ3v) is 5.76. The number of carbonyl (C=O) groups is 2. The number of hydrogen-bond acceptors (Lipinski definition) is 4. The van der Waals surface area contributed by atoms with Gasteiger partial charge in [-0.25, -0.2) is 0 Å². The highest BCUT2D eigenvalue weighted by Gasteiger charge is 2.53. The molecule has 0 bridgehead atoms. The van der Waals surface area contributed by atoms with Gasteiger partial charge in [0.15, 0.2) is 0 Å². The maximum atomic E-state index is 12.7. The summed E-state index contributed by atoms with van der Waals surface area (Å²) in [5.74, 6) is 0.0832. The Morgan fingerprint density at radius 3 is 2.46 bits per heavy atom. The Kier molecular flexibility index (Phi) is 5.13. The van der Waals surface area contributed by atoms with Crippen molar-refractivity contribution in [3.05, 3.63) is 54.4 Å². The molecule has 2 heterocycles. The van der Waals surface area contributed by atoms with Crippen molar-refractivity contribution in [2.24, 2.45) is 5.92 Å². The van der Waals surface area contributed by atoms with E-state index in [4.69, 9.17) is 0 Å². The minimum atomic E-state index is -0.240. The van der Waals surface area contributed by atoms with Gasteiger partial charge in [0.25, 0.3) is 0 Å². The van der Waals surface area contributed by atoms with Crippen molar-refractivity contribution in [3.8, 4) is 11.1 Å². The summed E-state index contributed by atoms with van der Waals surface area (Å²) < 4.78 is 0. The third kappa shape index (κ3) is 3.52. The molecule has 0 radical (unpaired) electrons. The maximum absolute atomic E-state index is 12.7. The number of aliphatic hydroxyl groups excluding tert-OH is 1. The average molecular weight is 379 g/mol. The van der Waals surface area contributed by atoms with Crippen LogP contribution < -0.4 is 5.32 Å². The number of aromatic nitrogens is 1. The Labute approximate surface area is 164 Å². The number of nitrogens with one attached hydrogen (secondary N) is 1. The summed E-state index contributed by atoms with van der Waals surface area (Å²) in [6.45, 7) is 1.80. The molecule has 0 unspecified atom stereocenters. The molecule has 28 heavy (non-hydrogen) atoms. The molecule has 146 valence electrons. The first-order valence-electron chi connectivity index (χ1n) is 9.78. The van der Waals surface area contributed by atoms with Crippen LogP contribution >= 0.6 is 0 Å². The van der Waals surface area contributed by atoms with Crippen molar-refractivity contribution in [2.45, 2.75) is 37.8 Å². The van der Waals surface area contributed by atoms with Gasteiger partial charge in [-0.2, -0.15) is 0 Å². The van der Waals surface area contributed by atoms with E-state index in [9.17, 15) is 14.7 Å². The van der Waals surface area contributed by atoms with Gasteiger partial charge in [-0.1, -0.05) is 30.3 Å². The molecular formula is C22H25N3O3. The minimum absolute atomic E-state index is 0.00231. The monoisotopic (exact) mass is 379 g/mol. The molecule has 0 spiro atoms. The fourth-order valence-electron chi connectivity index (χ4n) is 4.17. The molecule has 1 saturated carbocycles. The topological polar surface area (TPSA) is 82.5 Å². The predicted molar refractivity (Wildman–Crippen MR) is 105 cm³/mol. The summed E-state index contributed by atoms with van der Waals surface area (Å²) in [4.78, 5) is 30.1. The minimum Gasteiger partial charge on any atom is -0.394 e. The van der Waals surface area contributed by atoms with Gasteiger partial charge < -0.3 is 15.3 Å². The molecule has 2 amide bonds. The number of likely N-dealkylation sites (tertiary alicyclic amines) is 1. The number of nitrogens with zero attached hydrogens (tertiary/aromatic N) is 2. The first-order chi connectivity index (χ1) is 13.6. The summed E-state index contributed by atoms with van der Waals surface area (Å²) in [6, 6.07) is 11.7. The van der Waals surface area contributed by atoms with E-state index in [-0.39, 0.29) is 42.3 Å². The van der Waals surface area contributed by atoms with Crippen molar-refractivity contribution in [3.63, 3.8) is 0 Å². The van der Waals surface area contributed by atoms with Crippen molar-refractivity contribution in [2.75, 3.05) is 13.2 Å². The molecule has 1 saturated heterocycles. The summed E-state index contributed by atoms with van der Waals surface area (Å²) in [7, 11) is 0. The highest BCUT2D eigenvalue weighted by atomic mass is 16.3. The number of carbonyl (C=O) groups excluding carboxylic acids is 2. The lowest BCUT2D eigenvalue weighted by atomic mass is 9.74. The van der Waals surface area contributed by atoms with E-state index in [1.165, 1.54) is 6.92 Å². The summed E-state index contributed by atoms with van der Waals surface area (Å²) in [6.07, 6.45) is 5.41. The van der Waals surface area contributed by atoms with Crippen LogP contribution in [-0.2, 0) is 9.59 Å². The number of amides is 2. The number of aliphatic hydroxyl groups is 1. The molecule has 4 rings (SSSR count). The van der Waals surface area contributed by atoms with Gasteiger partial charge in [-0.3, -0.25) is 14.6 Å². The van der Waals surface area contributed by atoms with E-state index in [2.05, 4.69) is 22.4 Å². The Morgan fingerprint density at radius 2 is 1.89 bits per heavy atom. The highest BCUT2D eigenvalue weighted by Crippen LogP contribution is 2.44. The van der Waals surface area contributed by atoms with Crippen LogP contribution in [-0.4, -0.2) is 52.0 Å². The smallest absolute Gasteiger partial charge is 0.226 e. The first-order valence-corrected chi connectivity index (χ1v) is 9.78. The van der Waals surface area contributed by atoms with Crippen LogP contribution in [0.25, 0.3) is 11.1 Å². The molecule has 3 atom stereocenters. The van der Waals surface area contributed by atoms with Crippen molar-refractivity contribution >= 4 is 11.8 Å². The Morgan fingerprint density at radius 1 is 1.14 bits per heavy atom. The van der Waals surface area contributed by atoms with E-state index in [1.807, 2.05) is 30.5 Å². The lowest BCUT2D eigenvalue weighted by molar-refractivity contribution is -0.152. The number of benzene rings is 1. The zero-order valence-corrected chi connectivity index (χ0v) is 15.9. The van der Waals surface area contributed by atoms with Crippen LogP contribution in [0.1, 0.15) is 31.2 Å². The third-order valence-electron chi connectivity index (χ3n) is 5.76. The number of hydrogen-bond donors (Lipinski definition) is 2. The molecule has 2 fully saturated rings. The molecule has 1 aromatic carbocycles. The Bertz CT molecular complexity index is 849. The fraction of sp³-hybridized carbons (Fsp3) is 0.409. The van der Waals surface area contributed by atoms with Gasteiger partial charge in [-0.15, -0.1) is 0 Å². The van der Waals surface area contributed by atoms with Gasteiger partial charge in [0, 0.05) is 37.7 Å². The largest absolute Gasteiger partial charge is 0.394 e. The molecule has 2 aliphatic rings. The molecule has 1 aromatic heterocycles. The zero-order valence-electron chi connectivity index (χ0n) is 15.9. The number of rotatable bonds is 6. The van der Waals surface area contributed by atoms with Crippen LogP contribution in [0.5, 0.6) is 0 Å². The molecule has 1 aliphatic carbocycles. The normalized spacial score (nSPS) is 23.8. The first kappa shape index (κ1) is 18.6. The predicted octanol–water partition coefficient (Wildman–Crippen LogP) is 1.95. The molecule has 6 nitrogen and oxygen atoms in total. The lowest BCUT2D eigenvalue weighted by Crippen LogP contribution is -2.68. The molecular weight excluding hydrogens is 354 g/mol. The summed E-state index contributed by atoms with van der Waals surface area (Å²) in [5.41, 5.74) is 3.18. The average Bonchev–Trinajstić information content (AvgIpc) is 3.54. The second-order valence-corrected chi connectivity index (χ2v) is 7.66. The van der Waals surface area contributed by atoms with E-state index < -0.39 is 0 Å². The Hall–Kier alpha value is -2.73. The molecule has 2 N–H and O–H groups in total.